The van der Waals surface area contributed by atoms with E-state index in [0.29, 0.717) is 0 Å². The Morgan fingerprint density at radius 1 is 1.12 bits per heavy atom. The number of hydrogen-bond acceptors (Lipinski definition) is 0. The van der Waals surface area contributed by atoms with E-state index in [1.165, 1.54) is 0 Å². The first-order valence-electron chi connectivity index (χ1n) is 4.23. The van der Waals surface area contributed by atoms with Crippen molar-refractivity contribution >= 4 is 39.2 Å². The summed E-state index contributed by atoms with van der Waals surface area (Å²) in [4.78, 5) is 0. The molecule has 0 radical (unpaired) electrons. The Hall–Kier alpha value is 0.477. The molecule has 0 aromatic heterocycles. The molecular formula is C7H4Cl3F5Si. The number of allylic oxidation sites excluding steroid dienone is 2. The molecule has 0 nitrogen and oxygen atoms in total. The average molecular weight is 318 g/mol. The van der Waals surface area contributed by atoms with Gasteiger partial charge in [-0.15, -0.1) is 33.2 Å². The van der Waals surface area contributed by atoms with E-state index in [0.717, 1.165) is 0 Å². The van der Waals surface area contributed by atoms with E-state index in [9.17, 15) is 22.0 Å². The molecular weight excluding hydrogens is 314 g/mol. The summed E-state index contributed by atoms with van der Waals surface area (Å²) < 4.78 is 67.0. The van der Waals surface area contributed by atoms with Crippen LogP contribution in [0.1, 0.15) is 6.42 Å². The van der Waals surface area contributed by atoms with Crippen molar-refractivity contribution in [2.24, 2.45) is 5.92 Å². The second kappa shape index (κ2) is 3.27. The van der Waals surface area contributed by atoms with Gasteiger partial charge in [-0.05, 0) is 6.42 Å². The maximum absolute atomic E-state index is 14.0. The van der Waals surface area contributed by atoms with Gasteiger partial charge in [0.25, 0.3) is 5.92 Å². The summed E-state index contributed by atoms with van der Waals surface area (Å²) in [5.41, 5.74) is -5.55. The van der Waals surface area contributed by atoms with Gasteiger partial charge < -0.3 is 0 Å². The molecule has 2 aliphatic rings. The van der Waals surface area contributed by atoms with Crippen LogP contribution in [0.3, 0.4) is 0 Å². The molecule has 92 valence electrons. The summed E-state index contributed by atoms with van der Waals surface area (Å²) in [6.45, 7) is 0. The van der Waals surface area contributed by atoms with Crippen LogP contribution >= 0.6 is 33.2 Å². The zero-order chi connectivity index (χ0) is 12.5. The van der Waals surface area contributed by atoms with Crippen LogP contribution in [0.25, 0.3) is 0 Å². The van der Waals surface area contributed by atoms with Gasteiger partial charge in [-0.2, -0.15) is 0 Å². The number of hydrogen-bond donors (Lipinski definition) is 0. The lowest BCUT2D eigenvalue weighted by Crippen LogP contribution is -2.46. The van der Waals surface area contributed by atoms with Crippen LogP contribution in [0.4, 0.5) is 22.0 Å². The van der Waals surface area contributed by atoms with Gasteiger partial charge in [-0.1, -0.05) is 0 Å². The highest BCUT2D eigenvalue weighted by Gasteiger charge is 2.81. The molecule has 0 saturated heterocycles. The fourth-order valence-corrected chi connectivity index (χ4v) is 5.71. The Morgan fingerprint density at radius 2 is 1.62 bits per heavy atom. The van der Waals surface area contributed by atoms with Gasteiger partial charge in [0.2, 0.25) is 5.67 Å². The minimum atomic E-state index is -4.18. The van der Waals surface area contributed by atoms with Gasteiger partial charge in [0, 0.05) is 5.54 Å². The van der Waals surface area contributed by atoms with Crippen molar-refractivity contribution < 1.29 is 22.0 Å². The van der Waals surface area contributed by atoms with Crippen LogP contribution in [0, 0.1) is 5.92 Å². The molecule has 2 aliphatic carbocycles. The molecule has 0 aliphatic heterocycles. The first-order valence-corrected chi connectivity index (χ1v) is 9.35. The first kappa shape index (κ1) is 12.9. The third-order valence-electron chi connectivity index (χ3n) is 3.10. The predicted molar refractivity (Wildman–Crippen MR) is 53.2 cm³/mol. The highest BCUT2D eigenvalue weighted by atomic mass is 35.8. The van der Waals surface area contributed by atoms with Crippen LogP contribution in [0.5, 0.6) is 0 Å². The van der Waals surface area contributed by atoms with Gasteiger partial charge in [0.05, 0.1) is 5.92 Å². The third kappa shape index (κ3) is 1.27. The fraction of sp³-hybridized carbons (Fsp3) is 0.714. The summed E-state index contributed by atoms with van der Waals surface area (Å²) in [6, 6.07) is -3.89. The first-order chi connectivity index (χ1) is 7.04. The lowest BCUT2D eigenvalue weighted by molar-refractivity contribution is -0.110. The van der Waals surface area contributed by atoms with E-state index in [-0.39, 0.29) is 0 Å². The Morgan fingerprint density at radius 3 is 1.94 bits per heavy atom. The van der Waals surface area contributed by atoms with Gasteiger partial charge >= 0.3 is 6.00 Å². The largest absolute Gasteiger partial charge is 0.348 e. The standard InChI is InChI=1S/C7H4Cl3F5Si/c8-16(9,10)3-1-2-4(11)5(12)6(3,13)7(2,14)15/h2-3H,1H2. The SMILES string of the molecule is FC1=C(F)C2(F)C([Si](Cl)(Cl)Cl)CC1C2(F)F. The average Bonchev–Trinajstić information content (AvgIpc) is 2.38. The summed E-state index contributed by atoms with van der Waals surface area (Å²) >= 11 is 16.3. The molecule has 0 N–H and O–H groups in total. The number of alkyl halides is 3. The molecule has 16 heavy (non-hydrogen) atoms. The lowest BCUT2D eigenvalue weighted by Gasteiger charge is -2.31. The fourth-order valence-electron chi connectivity index (χ4n) is 2.28. The predicted octanol–water partition coefficient (Wildman–Crippen LogP) is 4.54. The highest BCUT2D eigenvalue weighted by molar-refractivity contribution is 7.65. The normalized spacial score (nSPS) is 42.0. The molecule has 2 rings (SSSR count). The van der Waals surface area contributed by atoms with Crippen molar-refractivity contribution in [3.8, 4) is 0 Å². The molecule has 0 aromatic carbocycles. The second-order valence-electron chi connectivity index (χ2n) is 3.88. The topological polar surface area (TPSA) is 0 Å². The molecule has 2 bridgehead atoms. The van der Waals surface area contributed by atoms with Crippen molar-refractivity contribution in [1.29, 1.82) is 0 Å². The number of halogens is 8. The molecule has 0 spiro atoms. The van der Waals surface area contributed by atoms with Crippen LogP contribution in [0.15, 0.2) is 11.7 Å². The summed E-state index contributed by atoms with van der Waals surface area (Å²) in [7, 11) is 0. The molecule has 3 unspecified atom stereocenters. The smallest absolute Gasteiger partial charge is 0.229 e. The van der Waals surface area contributed by atoms with Gasteiger partial charge in [-0.3, -0.25) is 0 Å². The number of fused-ring (bicyclic) bond motifs is 2. The van der Waals surface area contributed by atoms with E-state index in [4.69, 9.17) is 33.2 Å². The molecule has 0 heterocycles. The van der Waals surface area contributed by atoms with E-state index in [2.05, 4.69) is 0 Å². The van der Waals surface area contributed by atoms with Crippen molar-refractivity contribution in [3.05, 3.63) is 11.7 Å². The Bertz CT molecular complexity index is 379. The maximum atomic E-state index is 14.0. The van der Waals surface area contributed by atoms with Crippen molar-refractivity contribution in [1.82, 2.24) is 0 Å². The Balaban J connectivity index is 2.56. The zero-order valence-corrected chi connectivity index (χ0v) is 10.7. The van der Waals surface area contributed by atoms with Crippen LogP contribution in [-0.2, 0) is 0 Å². The van der Waals surface area contributed by atoms with Crippen molar-refractivity contribution in [2.75, 3.05) is 0 Å². The van der Waals surface area contributed by atoms with Crippen LogP contribution < -0.4 is 0 Å². The monoisotopic (exact) mass is 316 g/mol. The molecule has 1 fully saturated rings. The van der Waals surface area contributed by atoms with Gasteiger partial charge in [0.1, 0.15) is 5.83 Å². The van der Waals surface area contributed by atoms with Crippen molar-refractivity contribution in [2.45, 2.75) is 23.6 Å². The second-order valence-corrected chi connectivity index (χ2v) is 12.8. The summed E-state index contributed by atoms with van der Waals surface area (Å²) in [6.07, 6.45) is -0.675. The van der Waals surface area contributed by atoms with Gasteiger partial charge in [0.15, 0.2) is 5.83 Å². The molecule has 3 atom stereocenters. The van der Waals surface area contributed by atoms with E-state index in [1.54, 1.807) is 0 Å². The molecule has 0 aromatic rings. The van der Waals surface area contributed by atoms with E-state index in [1.807, 2.05) is 0 Å². The molecule has 9 heteroatoms. The highest BCUT2D eigenvalue weighted by Crippen LogP contribution is 2.71. The quantitative estimate of drug-likeness (QED) is 0.378. The molecule has 1 saturated carbocycles. The van der Waals surface area contributed by atoms with E-state index >= 15 is 0 Å². The van der Waals surface area contributed by atoms with Crippen LogP contribution in [-0.4, -0.2) is 17.6 Å². The Kier molecular flexibility index (Phi) is 2.64. The minimum absolute atomic E-state index is 0.675. The summed E-state index contributed by atoms with van der Waals surface area (Å²) in [5, 5.41) is 0. The Labute approximate surface area is 102 Å². The molecule has 0 amide bonds. The summed E-state index contributed by atoms with van der Waals surface area (Å²) in [5.74, 6) is -10.2. The van der Waals surface area contributed by atoms with Crippen molar-refractivity contribution in [3.63, 3.8) is 0 Å². The zero-order valence-electron chi connectivity index (χ0n) is 7.39. The van der Waals surface area contributed by atoms with Crippen LogP contribution in [0.2, 0.25) is 5.54 Å². The minimum Gasteiger partial charge on any atom is -0.229 e. The lowest BCUT2D eigenvalue weighted by atomic mass is 10.0. The third-order valence-corrected chi connectivity index (χ3v) is 6.90. The maximum Gasteiger partial charge on any atom is 0.348 e. The van der Waals surface area contributed by atoms with E-state index < -0.39 is 47.1 Å². The van der Waals surface area contributed by atoms with Gasteiger partial charge in [-0.25, -0.2) is 22.0 Å². The number of rotatable bonds is 1.